The third kappa shape index (κ3) is 1.46. The number of aryl methyl sites for hydroxylation is 1. The van der Waals surface area contributed by atoms with Crippen molar-refractivity contribution in [2.45, 2.75) is 20.3 Å². The van der Waals surface area contributed by atoms with Gasteiger partial charge in [0.1, 0.15) is 0 Å². The van der Waals surface area contributed by atoms with Gasteiger partial charge < -0.3 is 9.47 Å². The van der Waals surface area contributed by atoms with Crippen molar-refractivity contribution in [3.05, 3.63) is 22.4 Å². The van der Waals surface area contributed by atoms with Crippen LogP contribution in [0.1, 0.15) is 27.2 Å². The molecule has 0 bridgehead atoms. The number of carbonyl (C=O) groups is 1. The van der Waals surface area contributed by atoms with E-state index in [1.165, 1.54) is 0 Å². The highest BCUT2D eigenvalue weighted by Crippen LogP contribution is 2.28. The van der Waals surface area contributed by atoms with E-state index < -0.39 is 0 Å². The first-order valence-electron chi connectivity index (χ1n) is 4.86. The fourth-order valence-corrected chi connectivity index (χ4v) is 1.93. The molecule has 15 heavy (non-hydrogen) atoms. The lowest BCUT2D eigenvalue weighted by molar-refractivity contribution is 0.0477. The third-order valence-corrected chi connectivity index (χ3v) is 2.69. The molecule has 0 amide bonds. The van der Waals surface area contributed by atoms with Crippen LogP contribution in [0, 0.1) is 13.8 Å². The maximum atomic E-state index is 11.6. The van der Waals surface area contributed by atoms with Crippen LogP contribution < -0.4 is 4.74 Å². The fraction of sp³-hybridized carbons (Fsp3) is 0.455. The molecule has 4 nitrogen and oxygen atoms in total. The molecule has 0 N–H and O–H groups in total. The Morgan fingerprint density at radius 1 is 1.40 bits per heavy atom. The third-order valence-electron chi connectivity index (χ3n) is 2.69. The monoisotopic (exact) mass is 207 g/mol. The number of ether oxygens (including phenoxy) is 2. The van der Waals surface area contributed by atoms with Gasteiger partial charge in [-0.1, -0.05) is 0 Å². The first-order chi connectivity index (χ1) is 7.15. The molecule has 80 valence electrons. The Bertz CT molecular complexity index is 426. The maximum absolute atomic E-state index is 11.6. The molecule has 2 rings (SSSR count). The molecule has 4 heteroatoms. The van der Waals surface area contributed by atoms with Gasteiger partial charge in [0.25, 0.3) is 0 Å². The quantitative estimate of drug-likeness (QED) is 0.653. The largest absolute Gasteiger partial charge is 0.481 e. The van der Waals surface area contributed by atoms with Gasteiger partial charge in [-0.15, -0.1) is 0 Å². The molecule has 0 saturated heterocycles. The molecule has 1 aliphatic rings. The van der Waals surface area contributed by atoms with E-state index in [4.69, 9.17) is 9.47 Å². The first kappa shape index (κ1) is 9.96. The predicted octanol–water partition coefficient (Wildman–Crippen LogP) is 1.42. The number of carbonyl (C=O) groups excluding carboxylic acids is 1. The number of aromatic nitrogens is 1. The maximum Gasteiger partial charge on any atom is 0.340 e. The van der Waals surface area contributed by atoms with E-state index in [9.17, 15) is 4.79 Å². The van der Waals surface area contributed by atoms with Crippen molar-refractivity contribution >= 4 is 5.97 Å². The van der Waals surface area contributed by atoms with Crippen LogP contribution >= 0.6 is 0 Å². The standard InChI is InChI=1S/C11H13NO3/c1-6-8-4-5-15-11(13)9(8)7(2)12-10(6)14-3/h4-5H2,1-3H3. The first-order valence-corrected chi connectivity index (χ1v) is 4.86. The Morgan fingerprint density at radius 2 is 2.13 bits per heavy atom. The Morgan fingerprint density at radius 3 is 2.80 bits per heavy atom. The Balaban J connectivity index is 2.68. The van der Waals surface area contributed by atoms with Crippen molar-refractivity contribution in [2.24, 2.45) is 0 Å². The minimum Gasteiger partial charge on any atom is -0.481 e. The van der Waals surface area contributed by atoms with E-state index >= 15 is 0 Å². The lowest BCUT2D eigenvalue weighted by Crippen LogP contribution is -2.21. The molecule has 1 aromatic heterocycles. The molecule has 1 aliphatic heterocycles. The van der Waals surface area contributed by atoms with E-state index in [0.29, 0.717) is 23.7 Å². The zero-order chi connectivity index (χ0) is 11.0. The summed E-state index contributed by atoms with van der Waals surface area (Å²) in [5, 5.41) is 0. The minimum absolute atomic E-state index is 0.271. The van der Waals surface area contributed by atoms with Gasteiger partial charge in [0.05, 0.1) is 25.0 Å². The summed E-state index contributed by atoms with van der Waals surface area (Å²) in [7, 11) is 1.59. The summed E-state index contributed by atoms with van der Waals surface area (Å²) in [4.78, 5) is 15.8. The second-order valence-corrected chi connectivity index (χ2v) is 3.57. The van der Waals surface area contributed by atoms with Crippen LogP contribution in [0.5, 0.6) is 5.88 Å². The second kappa shape index (κ2) is 3.53. The summed E-state index contributed by atoms with van der Waals surface area (Å²) in [5.74, 6) is 0.327. The van der Waals surface area contributed by atoms with Crippen LogP contribution in [-0.2, 0) is 11.2 Å². The lowest BCUT2D eigenvalue weighted by atomic mass is 9.97. The summed E-state index contributed by atoms with van der Waals surface area (Å²) < 4.78 is 10.2. The number of fused-ring (bicyclic) bond motifs is 1. The van der Waals surface area contributed by atoms with Crippen molar-refractivity contribution < 1.29 is 14.3 Å². The van der Waals surface area contributed by atoms with E-state index in [-0.39, 0.29) is 5.97 Å². The van der Waals surface area contributed by atoms with E-state index in [2.05, 4.69) is 4.98 Å². The van der Waals surface area contributed by atoms with Gasteiger partial charge in [-0.25, -0.2) is 9.78 Å². The lowest BCUT2D eigenvalue weighted by Gasteiger charge is -2.20. The summed E-state index contributed by atoms with van der Waals surface area (Å²) in [6.07, 6.45) is 0.743. The van der Waals surface area contributed by atoms with E-state index in [1.54, 1.807) is 14.0 Å². The number of rotatable bonds is 1. The molecule has 0 atom stereocenters. The fourth-order valence-electron chi connectivity index (χ4n) is 1.93. The molecule has 2 heterocycles. The SMILES string of the molecule is COc1nc(C)c2c(c1C)CCOC2=O. The summed E-state index contributed by atoms with van der Waals surface area (Å²) in [6, 6.07) is 0. The van der Waals surface area contributed by atoms with Crippen molar-refractivity contribution in [2.75, 3.05) is 13.7 Å². The zero-order valence-corrected chi connectivity index (χ0v) is 9.09. The predicted molar refractivity (Wildman–Crippen MR) is 54.2 cm³/mol. The highest BCUT2D eigenvalue weighted by Gasteiger charge is 2.25. The average molecular weight is 207 g/mol. The summed E-state index contributed by atoms with van der Waals surface area (Å²) >= 11 is 0. The highest BCUT2D eigenvalue weighted by molar-refractivity contribution is 5.93. The summed E-state index contributed by atoms with van der Waals surface area (Å²) in [6.45, 7) is 4.16. The van der Waals surface area contributed by atoms with E-state index in [1.807, 2.05) is 6.92 Å². The van der Waals surface area contributed by atoms with Gasteiger partial charge in [0.2, 0.25) is 5.88 Å². The van der Waals surface area contributed by atoms with Crippen LogP contribution in [-0.4, -0.2) is 24.7 Å². The van der Waals surface area contributed by atoms with Crippen LogP contribution in [0.15, 0.2) is 0 Å². The molecule has 0 aliphatic carbocycles. The summed E-state index contributed by atoms with van der Waals surface area (Å²) in [5.41, 5.74) is 3.24. The molecular weight excluding hydrogens is 194 g/mol. The molecule has 0 fully saturated rings. The Hall–Kier alpha value is -1.58. The van der Waals surface area contributed by atoms with Gasteiger partial charge in [0, 0.05) is 12.0 Å². The minimum atomic E-state index is -0.271. The Labute approximate surface area is 88.2 Å². The van der Waals surface area contributed by atoms with Crippen molar-refractivity contribution in [3.63, 3.8) is 0 Å². The van der Waals surface area contributed by atoms with Crippen LogP contribution in [0.4, 0.5) is 0 Å². The number of hydrogen-bond donors (Lipinski definition) is 0. The average Bonchev–Trinajstić information content (AvgIpc) is 2.23. The number of pyridine rings is 1. The van der Waals surface area contributed by atoms with Crippen molar-refractivity contribution in [1.29, 1.82) is 0 Å². The molecular formula is C11H13NO3. The van der Waals surface area contributed by atoms with Gasteiger partial charge in [-0.2, -0.15) is 0 Å². The number of methoxy groups -OCH3 is 1. The number of nitrogens with zero attached hydrogens (tertiary/aromatic N) is 1. The van der Waals surface area contributed by atoms with Gasteiger partial charge in [0.15, 0.2) is 0 Å². The highest BCUT2D eigenvalue weighted by atomic mass is 16.5. The number of cyclic esters (lactones) is 1. The van der Waals surface area contributed by atoms with Gasteiger partial charge in [-0.05, 0) is 19.4 Å². The number of esters is 1. The molecule has 0 spiro atoms. The second-order valence-electron chi connectivity index (χ2n) is 3.57. The molecule has 0 saturated carbocycles. The van der Waals surface area contributed by atoms with Crippen LogP contribution in [0.2, 0.25) is 0 Å². The topological polar surface area (TPSA) is 48.4 Å². The van der Waals surface area contributed by atoms with Gasteiger partial charge in [-0.3, -0.25) is 0 Å². The molecule has 1 aromatic rings. The molecule has 0 unspecified atom stereocenters. The molecule has 0 aromatic carbocycles. The van der Waals surface area contributed by atoms with E-state index in [0.717, 1.165) is 17.5 Å². The Kier molecular flexibility index (Phi) is 2.34. The smallest absolute Gasteiger partial charge is 0.340 e. The zero-order valence-electron chi connectivity index (χ0n) is 9.09. The van der Waals surface area contributed by atoms with Crippen LogP contribution in [0.3, 0.4) is 0 Å². The van der Waals surface area contributed by atoms with Crippen LogP contribution in [0.25, 0.3) is 0 Å². The number of hydrogen-bond acceptors (Lipinski definition) is 4. The van der Waals surface area contributed by atoms with Crippen molar-refractivity contribution in [3.8, 4) is 5.88 Å². The van der Waals surface area contributed by atoms with Gasteiger partial charge >= 0.3 is 5.97 Å². The normalized spacial score (nSPS) is 14.5. The van der Waals surface area contributed by atoms with Crippen molar-refractivity contribution in [1.82, 2.24) is 4.98 Å². The molecule has 0 radical (unpaired) electrons.